The van der Waals surface area contributed by atoms with E-state index in [0.29, 0.717) is 12.6 Å². The van der Waals surface area contributed by atoms with E-state index in [9.17, 15) is 18.4 Å². The summed E-state index contributed by atoms with van der Waals surface area (Å²) in [5.74, 6) is -3.13. The highest BCUT2D eigenvalue weighted by Gasteiger charge is 2.26. The average Bonchev–Trinajstić information content (AvgIpc) is 2.36. The maximum atomic E-state index is 13.8. The predicted molar refractivity (Wildman–Crippen MR) is 68.3 cm³/mol. The van der Waals surface area contributed by atoms with E-state index in [2.05, 4.69) is 15.6 Å². The van der Waals surface area contributed by atoms with E-state index in [1.165, 1.54) is 4.90 Å². The first-order chi connectivity index (χ1) is 9.51. The summed E-state index contributed by atoms with van der Waals surface area (Å²) in [6.45, 7) is 1.97. The number of amides is 2. The number of nitrogens with zero attached hydrogens (tertiary/aromatic N) is 2. The van der Waals surface area contributed by atoms with Crippen LogP contribution in [0.2, 0.25) is 0 Å². The van der Waals surface area contributed by atoms with Gasteiger partial charge >= 0.3 is 0 Å². The number of carbonyl (C=O) groups excluding carboxylic acids is 2. The number of rotatable bonds is 4. The highest BCUT2D eigenvalue weighted by atomic mass is 19.1. The zero-order valence-electron chi connectivity index (χ0n) is 10.9. The summed E-state index contributed by atoms with van der Waals surface area (Å²) < 4.78 is 27.3. The second-order valence-electron chi connectivity index (χ2n) is 4.38. The molecule has 8 heteroatoms. The van der Waals surface area contributed by atoms with Crippen LogP contribution in [-0.2, 0) is 9.59 Å². The van der Waals surface area contributed by atoms with Gasteiger partial charge in [0.2, 0.25) is 11.8 Å². The van der Waals surface area contributed by atoms with Gasteiger partial charge in [-0.05, 0) is 6.42 Å². The van der Waals surface area contributed by atoms with Crippen molar-refractivity contribution in [1.82, 2.24) is 10.3 Å². The van der Waals surface area contributed by atoms with Gasteiger partial charge in [0.1, 0.15) is 0 Å². The third-order valence-electron chi connectivity index (χ3n) is 2.70. The Morgan fingerprint density at radius 3 is 2.55 bits per heavy atom. The van der Waals surface area contributed by atoms with Crippen LogP contribution in [0.5, 0.6) is 0 Å². The van der Waals surface area contributed by atoms with Crippen molar-refractivity contribution < 1.29 is 18.4 Å². The smallest absolute Gasteiger partial charge is 0.246 e. The lowest BCUT2D eigenvalue weighted by molar-refractivity contribution is -0.130. The fourth-order valence-corrected chi connectivity index (χ4v) is 1.83. The topological polar surface area (TPSA) is 74.3 Å². The van der Waals surface area contributed by atoms with Crippen molar-refractivity contribution in [2.45, 2.75) is 13.3 Å². The Morgan fingerprint density at radius 1 is 1.30 bits per heavy atom. The molecule has 20 heavy (non-hydrogen) atoms. The third kappa shape index (κ3) is 3.01. The molecular weight excluding hydrogens is 270 g/mol. The van der Waals surface area contributed by atoms with Crippen LogP contribution in [0, 0.1) is 11.6 Å². The minimum absolute atomic E-state index is 0.0957. The number of piperazine rings is 1. The van der Waals surface area contributed by atoms with Crippen molar-refractivity contribution in [2.24, 2.45) is 0 Å². The first-order valence-corrected chi connectivity index (χ1v) is 6.18. The Morgan fingerprint density at radius 2 is 1.95 bits per heavy atom. The Labute approximate surface area is 114 Å². The molecule has 0 unspecified atom stereocenters. The van der Waals surface area contributed by atoms with Crippen LogP contribution >= 0.6 is 0 Å². The van der Waals surface area contributed by atoms with E-state index >= 15 is 0 Å². The number of nitrogens with one attached hydrogen (secondary N) is 2. The lowest BCUT2D eigenvalue weighted by Crippen LogP contribution is -2.52. The molecule has 0 radical (unpaired) electrons. The molecule has 108 valence electrons. The van der Waals surface area contributed by atoms with E-state index in [4.69, 9.17) is 0 Å². The molecule has 1 saturated heterocycles. The van der Waals surface area contributed by atoms with Crippen molar-refractivity contribution in [3.05, 3.63) is 17.7 Å². The summed E-state index contributed by atoms with van der Waals surface area (Å²) in [6, 6.07) is 0.692. The Balaban J connectivity index is 2.30. The molecule has 1 fully saturated rings. The fraction of sp³-hybridized carbons (Fsp3) is 0.417. The molecule has 0 bridgehead atoms. The van der Waals surface area contributed by atoms with Crippen molar-refractivity contribution in [2.75, 3.05) is 29.9 Å². The van der Waals surface area contributed by atoms with Crippen molar-refractivity contribution in [3.8, 4) is 0 Å². The largest absolute Gasteiger partial charge is 0.368 e. The monoisotopic (exact) mass is 284 g/mol. The first-order valence-electron chi connectivity index (χ1n) is 6.18. The molecule has 0 aromatic carbocycles. The van der Waals surface area contributed by atoms with Crippen molar-refractivity contribution in [3.63, 3.8) is 0 Å². The van der Waals surface area contributed by atoms with Crippen LogP contribution in [0.3, 0.4) is 0 Å². The van der Waals surface area contributed by atoms with Gasteiger partial charge in [0.25, 0.3) is 0 Å². The molecule has 0 spiro atoms. The number of pyridine rings is 1. The summed E-state index contributed by atoms with van der Waals surface area (Å²) >= 11 is 0. The Kier molecular flexibility index (Phi) is 4.11. The van der Waals surface area contributed by atoms with Gasteiger partial charge in [-0.2, -0.15) is 0 Å². The standard InChI is InChI=1S/C12H14F2N4O2/c1-2-3-15-11-7(13)4-8(14)12(17-11)18-5-9(19)16-10(20)6-18/h4H,2-3,5-6H2,1H3,(H,15,17)(H,16,19,20). The van der Waals surface area contributed by atoms with E-state index in [0.717, 1.165) is 6.42 Å². The van der Waals surface area contributed by atoms with Gasteiger partial charge in [0.15, 0.2) is 23.3 Å². The molecular formula is C12H14F2N4O2. The molecule has 2 amide bonds. The van der Waals surface area contributed by atoms with Crippen LogP contribution < -0.4 is 15.5 Å². The number of anilines is 2. The van der Waals surface area contributed by atoms with Crippen molar-refractivity contribution >= 4 is 23.5 Å². The lowest BCUT2D eigenvalue weighted by atomic mass is 10.3. The van der Waals surface area contributed by atoms with Crippen LogP contribution in [-0.4, -0.2) is 36.4 Å². The normalized spacial score (nSPS) is 15.2. The molecule has 1 aromatic heterocycles. The molecule has 0 atom stereocenters. The molecule has 1 aliphatic heterocycles. The minimum atomic E-state index is -0.910. The molecule has 1 aromatic rings. The zero-order valence-corrected chi connectivity index (χ0v) is 10.9. The molecule has 2 heterocycles. The fourth-order valence-electron chi connectivity index (χ4n) is 1.83. The SMILES string of the molecule is CCCNc1nc(N2CC(=O)NC(=O)C2)c(F)cc1F. The van der Waals surface area contributed by atoms with Crippen LogP contribution in [0.25, 0.3) is 0 Å². The molecule has 6 nitrogen and oxygen atoms in total. The van der Waals surface area contributed by atoms with E-state index in [1.807, 2.05) is 6.92 Å². The third-order valence-corrected chi connectivity index (χ3v) is 2.70. The predicted octanol–water partition coefficient (Wildman–Crippen LogP) is 0.644. The maximum Gasteiger partial charge on any atom is 0.246 e. The zero-order chi connectivity index (χ0) is 14.7. The number of aromatic nitrogens is 1. The quantitative estimate of drug-likeness (QED) is 0.794. The van der Waals surface area contributed by atoms with E-state index in [1.54, 1.807) is 0 Å². The van der Waals surface area contributed by atoms with E-state index in [-0.39, 0.29) is 24.7 Å². The molecule has 0 saturated carbocycles. The summed E-state index contributed by atoms with van der Waals surface area (Å²) in [5.41, 5.74) is 0. The van der Waals surface area contributed by atoms with Crippen LogP contribution in [0.15, 0.2) is 6.07 Å². The second kappa shape index (κ2) is 5.81. The summed E-state index contributed by atoms with van der Waals surface area (Å²) in [6.07, 6.45) is 0.748. The lowest BCUT2D eigenvalue weighted by Gasteiger charge is -2.27. The average molecular weight is 284 g/mol. The van der Waals surface area contributed by atoms with E-state index < -0.39 is 23.4 Å². The van der Waals surface area contributed by atoms with Crippen LogP contribution in [0.1, 0.15) is 13.3 Å². The van der Waals surface area contributed by atoms with Gasteiger partial charge in [0, 0.05) is 12.6 Å². The molecule has 1 aliphatic rings. The molecule has 0 aliphatic carbocycles. The number of hydrogen-bond acceptors (Lipinski definition) is 5. The highest BCUT2D eigenvalue weighted by Crippen LogP contribution is 2.22. The van der Waals surface area contributed by atoms with Gasteiger partial charge < -0.3 is 10.2 Å². The minimum Gasteiger partial charge on any atom is -0.368 e. The number of halogens is 2. The maximum absolute atomic E-state index is 13.8. The Bertz CT molecular complexity index is 535. The van der Waals surface area contributed by atoms with Gasteiger partial charge in [0.05, 0.1) is 13.1 Å². The highest BCUT2D eigenvalue weighted by molar-refractivity contribution is 6.02. The Hall–Kier alpha value is -2.25. The summed E-state index contributed by atoms with van der Waals surface area (Å²) in [7, 11) is 0. The summed E-state index contributed by atoms with van der Waals surface area (Å²) in [5, 5.41) is 4.83. The number of imide groups is 1. The van der Waals surface area contributed by atoms with Crippen LogP contribution in [0.4, 0.5) is 20.4 Å². The van der Waals surface area contributed by atoms with Gasteiger partial charge in [-0.1, -0.05) is 6.92 Å². The number of carbonyl (C=O) groups is 2. The number of hydrogen-bond donors (Lipinski definition) is 2. The van der Waals surface area contributed by atoms with Gasteiger partial charge in [-0.25, -0.2) is 13.8 Å². The summed E-state index contributed by atoms with van der Waals surface area (Å²) in [4.78, 5) is 27.6. The molecule has 2 rings (SSSR count). The first kappa shape index (κ1) is 14.2. The van der Waals surface area contributed by atoms with Gasteiger partial charge in [-0.3, -0.25) is 14.9 Å². The molecule has 2 N–H and O–H groups in total. The van der Waals surface area contributed by atoms with Gasteiger partial charge in [-0.15, -0.1) is 0 Å². The second-order valence-corrected chi connectivity index (χ2v) is 4.38. The van der Waals surface area contributed by atoms with Crippen molar-refractivity contribution in [1.29, 1.82) is 0 Å².